The summed E-state index contributed by atoms with van der Waals surface area (Å²) in [6.07, 6.45) is 3.95. The van der Waals surface area contributed by atoms with Gasteiger partial charge in [-0.3, -0.25) is 0 Å². The van der Waals surface area contributed by atoms with E-state index >= 15 is 0 Å². The number of nitriles is 1. The molecule has 0 fully saturated rings. The van der Waals surface area contributed by atoms with Gasteiger partial charge in [-0.1, -0.05) is 18.2 Å². The van der Waals surface area contributed by atoms with Crippen LogP contribution >= 0.6 is 0 Å². The van der Waals surface area contributed by atoms with Crippen molar-refractivity contribution in [2.24, 2.45) is 0 Å². The molecule has 3 heteroatoms. The summed E-state index contributed by atoms with van der Waals surface area (Å²) in [4.78, 5) is 6.70. The van der Waals surface area contributed by atoms with Crippen LogP contribution in [0.4, 0.5) is 11.5 Å². The molecule has 0 N–H and O–H groups in total. The molecule has 0 saturated heterocycles. The van der Waals surface area contributed by atoms with Crippen molar-refractivity contribution < 1.29 is 0 Å². The predicted molar refractivity (Wildman–Crippen MR) is 80.1 cm³/mol. The van der Waals surface area contributed by atoms with Gasteiger partial charge in [-0.15, -0.1) is 0 Å². The number of hydrogen-bond donors (Lipinski definition) is 0. The summed E-state index contributed by atoms with van der Waals surface area (Å²) >= 11 is 0. The van der Waals surface area contributed by atoms with Crippen LogP contribution in [0.5, 0.6) is 0 Å². The van der Waals surface area contributed by atoms with Gasteiger partial charge >= 0.3 is 0 Å². The molecule has 0 saturated carbocycles. The topological polar surface area (TPSA) is 39.9 Å². The summed E-state index contributed by atoms with van der Waals surface area (Å²) in [7, 11) is 0. The van der Waals surface area contributed by atoms with Crippen molar-refractivity contribution in [2.75, 3.05) is 4.90 Å². The highest BCUT2D eigenvalue weighted by Gasteiger charge is 2.27. The molecular weight excluding hydrogens is 246 g/mol. The number of rotatable bonds is 1. The predicted octanol–water partition coefficient (Wildman–Crippen LogP) is 3.73. The Bertz CT molecular complexity index is 685. The van der Waals surface area contributed by atoms with Gasteiger partial charge in [0.15, 0.2) is 5.82 Å². The van der Waals surface area contributed by atoms with Crippen molar-refractivity contribution in [1.29, 1.82) is 5.26 Å². The number of aryl methyl sites for hydroxylation is 2. The lowest BCUT2D eigenvalue weighted by Gasteiger charge is -2.36. The van der Waals surface area contributed by atoms with Crippen LogP contribution < -0.4 is 4.90 Å². The Balaban J connectivity index is 2.20. The zero-order valence-electron chi connectivity index (χ0n) is 11.8. The number of nitrogens with zero attached hydrogens (tertiary/aromatic N) is 3. The summed E-state index contributed by atoms with van der Waals surface area (Å²) in [5, 5.41) is 9.45. The molecule has 0 amide bonds. The van der Waals surface area contributed by atoms with Crippen LogP contribution in [0.2, 0.25) is 0 Å². The zero-order chi connectivity index (χ0) is 14.1. The van der Waals surface area contributed by atoms with Crippen molar-refractivity contribution in [3.8, 4) is 6.07 Å². The normalized spacial score (nSPS) is 17.4. The molecule has 1 aromatic heterocycles. The third kappa shape index (κ3) is 1.94. The van der Waals surface area contributed by atoms with Crippen LogP contribution in [-0.4, -0.2) is 11.0 Å². The Kier molecular flexibility index (Phi) is 3.15. The third-order valence-corrected chi connectivity index (χ3v) is 4.00. The Hall–Kier alpha value is -2.34. The van der Waals surface area contributed by atoms with Gasteiger partial charge in [-0.2, -0.15) is 5.26 Å². The minimum absolute atomic E-state index is 0.353. The van der Waals surface area contributed by atoms with Gasteiger partial charge in [0.25, 0.3) is 0 Å². The van der Waals surface area contributed by atoms with Gasteiger partial charge in [0.1, 0.15) is 6.07 Å². The monoisotopic (exact) mass is 263 g/mol. The van der Waals surface area contributed by atoms with Crippen molar-refractivity contribution in [3.05, 3.63) is 53.2 Å². The third-order valence-electron chi connectivity index (χ3n) is 4.00. The minimum Gasteiger partial charge on any atom is -0.322 e. The second kappa shape index (κ2) is 4.97. The van der Waals surface area contributed by atoms with Crippen LogP contribution in [0.15, 0.2) is 36.5 Å². The maximum absolute atomic E-state index is 9.45. The summed E-state index contributed by atoms with van der Waals surface area (Å²) < 4.78 is 0. The Labute approximate surface area is 119 Å². The molecule has 1 aromatic carbocycles. The summed E-state index contributed by atoms with van der Waals surface area (Å²) in [6, 6.07) is 13.0. The molecular formula is C17H17N3. The molecule has 2 heterocycles. The van der Waals surface area contributed by atoms with Gasteiger partial charge in [0.05, 0.1) is 5.56 Å². The van der Waals surface area contributed by atoms with E-state index in [1.165, 1.54) is 11.3 Å². The maximum Gasteiger partial charge on any atom is 0.151 e. The molecule has 1 atom stereocenters. The van der Waals surface area contributed by atoms with Crippen LogP contribution in [-0.2, 0) is 6.42 Å². The fourth-order valence-electron chi connectivity index (χ4n) is 2.88. The number of hydrogen-bond acceptors (Lipinski definition) is 3. The number of pyridine rings is 1. The lowest BCUT2D eigenvalue weighted by atomic mass is 9.96. The molecule has 0 spiro atoms. The summed E-state index contributed by atoms with van der Waals surface area (Å²) in [6.45, 7) is 4.16. The van der Waals surface area contributed by atoms with Crippen molar-refractivity contribution >= 4 is 11.5 Å². The van der Waals surface area contributed by atoms with E-state index in [1.807, 2.05) is 19.1 Å². The second-order valence-electron chi connectivity index (χ2n) is 5.32. The Morgan fingerprint density at radius 1 is 1.30 bits per heavy atom. The van der Waals surface area contributed by atoms with Gasteiger partial charge in [-0.05, 0) is 49.9 Å². The first-order valence-corrected chi connectivity index (χ1v) is 6.95. The van der Waals surface area contributed by atoms with Crippen molar-refractivity contribution in [3.63, 3.8) is 0 Å². The van der Waals surface area contributed by atoms with Crippen LogP contribution in [0.3, 0.4) is 0 Å². The minimum atomic E-state index is 0.353. The molecule has 100 valence electrons. The first kappa shape index (κ1) is 12.7. The lowest BCUT2D eigenvalue weighted by Crippen LogP contribution is -2.34. The molecule has 1 aliphatic heterocycles. The Morgan fingerprint density at radius 3 is 2.90 bits per heavy atom. The maximum atomic E-state index is 9.45. The first-order chi connectivity index (χ1) is 9.72. The zero-order valence-corrected chi connectivity index (χ0v) is 11.8. The average molecular weight is 263 g/mol. The Morgan fingerprint density at radius 2 is 2.10 bits per heavy atom. The van der Waals surface area contributed by atoms with Gasteiger partial charge < -0.3 is 4.90 Å². The highest BCUT2D eigenvalue weighted by molar-refractivity contribution is 5.71. The number of para-hydroxylation sites is 1. The molecule has 0 bridgehead atoms. The fourth-order valence-corrected chi connectivity index (χ4v) is 2.88. The molecule has 1 unspecified atom stereocenters. The quantitative estimate of drug-likeness (QED) is 0.787. The SMILES string of the molecule is Cc1ccnc(N2c3ccccc3CCC2C)c1C#N. The number of fused-ring (bicyclic) bond motifs is 1. The fraction of sp³-hybridized carbons (Fsp3) is 0.294. The standard InChI is InChI=1S/C17H17N3/c1-12-9-10-19-17(15(12)11-18)20-13(2)7-8-14-5-3-4-6-16(14)20/h3-6,9-10,13H,7-8H2,1-2H3. The molecule has 3 rings (SSSR count). The van der Waals surface area contributed by atoms with E-state index in [-0.39, 0.29) is 0 Å². The number of benzene rings is 1. The van der Waals surface area contributed by atoms with Gasteiger partial charge in [0, 0.05) is 17.9 Å². The second-order valence-corrected chi connectivity index (χ2v) is 5.32. The van der Waals surface area contributed by atoms with E-state index in [0.717, 1.165) is 24.2 Å². The smallest absolute Gasteiger partial charge is 0.151 e. The summed E-state index contributed by atoms with van der Waals surface area (Å²) in [5.74, 6) is 0.784. The molecule has 2 aromatic rings. The van der Waals surface area contributed by atoms with Crippen molar-refractivity contribution in [1.82, 2.24) is 4.98 Å². The first-order valence-electron chi connectivity index (χ1n) is 6.95. The van der Waals surface area contributed by atoms with E-state index < -0.39 is 0 Å². The molecule has 0 radical (unpaired) electrons. The van der Waals surface area contributed by atoms with E-state index in [9.17, 15) is 5.26 Å². The van der Waals surface area contributed by atoms with E-state index in [1.54, 1.807) is 6.20 Å². The lowest BCUT2D eigenvalue weighted by molar-refractivity contribution is 0.613. The molecule has 20 heavy (non-hydrogen) atoms. The van der Waals surface area contributed by atoms with Gasteiger partial charge in [0.2, 0.25) is 0 Å². The van der Waals surface area contributed by atoms with Gasteiger partial charge in [-0.25, -0.2) is 4.98 Å². The number of anilines is 2. The largest absolute Gasteiger partial charge is 0.322 e. The van der Waals surface area contributed by atoms with Crippen LogP contribution in [0.1, 0.15) is 30.0 Å². The average Bonchev–Trinajstić information content (AvgIpc) is 2.47. The molecule has 1 aliphatic rings. The highest BCUT2D eigenvalue weighted by atomic mass is 15.2. The molecule has 0 aliphatic carbocycles. The van der Waals surface area contributed by atoms with E-state index in [0.29, 0.717) is 11.6 Å². The molecule has 3 nitrogen and oxygen atoms in total. The van der Waals surface area contributed by atoms with Crippen molar-refractivity contribution in [2.45, 2.75) is 32.7 Å². The van der Waals surface area contributed by atoms with E-state index in [4.69, 9.17) is 0 Å². The van der Waals surface area contributed by atoms with E-state index in [2.05, 4.69) is 41.1 Å². The highest BCUT2D eigenvalue weighted by Crippen LogP contribution is 2.37. The summed E-state index contributed by atoms with van der Waals surface area (Å²) in [5.41, 5.74) is 4.17. The van der Waals surface area contributed by atoms with Crippen LogP contribution in [0.25, 0.3) is 0 Å². The number of aromatic nitrogens is 1. The van der Waals surface area contributed by atoms with Crippen LogP contribution in [0, 0.1) is 18.3 Å².